The normalized spacial score (nSPS) is 9.67. The molecule has 1 rings (SSSR count). The molecule has 0 aliphatic heterocycles. The van der Waals surface area contributed by atoms with Gasteiger partial charge in [0.05, 0.1) is 0 Å². The number of hydrogen-bond acceptors (Lipinski definition) is 0. The van der Waals surface area contributed by atoms with Gasteiger partial charge in [0.25, 0.3) is 0 Å². The summed E-state index contributed by atoms with van der Waals surface area (Å²) in [6.45, 7) is 0. The van der Waals surface area contributed by atoms with Crippen molar-refractivity contribution in [1.82, 2.24) is 0 Å². The van der Waals surface area contributed by atoms with E-state index in [0.29, 0.717) is 0 Å². The molecule has 0 bridgehead atoms. The van der Waals surface area contributed by atoms with Gasteiger partial charge in [-0.2, -0.15) is 0 Å². The Balaban J connectivity index is 3.17. The molecule has 0 fully saturated rings. The second-order valence-corrected chi connectivity index (χ2v) is 3.61. The van der Waals surface area contributed by atoms with Gasteiger partial charge in [-0.25, -0.2) is 0 Å². The molecule has 0 amide bonds. The van der Waals surface area contributed by atoms with Gasteiger partial charge in [0.15, 0.2) is 0 Å². The van der Waals surface area contributed by atoms with E-state index >= 15 is 0 Å². The van der Waals surface area contributed by atoms with Crippen LogP contribution in [0.2, 0.25) is 0 Å². The van der Waals surface area contributed by atoms with E-state index in [1.54, 1.807) is 0 Å². The predicted molar refractivity (Wildman–Crippen MR) is 33.1 cm³/mol. The summed E-state index contributed by atoms with van der Waals surface area (Å²) in [5.74, 6) is -0.977. The monoisotopic (exact) mass is 234 g/mol. The molecule has 3 heteroatoms. The van der Waals surface area contributed by atoms with E-state index in [1.165, 1.54) is 12.1 Å². The third kappa shape index (κ3) is 1.93. The van der Waals surface area contributed by atoms with E-state index in [1.807, 2.05) is 0 Å². The van der Waals surface area contributed by atoms with E-state index in [0.717, 1.165) is 32.2 Å². The quantitative estimate of drug-likeness (QED) is 0.572. The van der Waals surface area contributed by atoms with Gasteiger partial charge in [-0.3, -0.25) is 0 Å². The topological polar surface area (TPSA) is 0 Å². The molecule has 0 atom stereocenters. The zero-order chi connectivity index (χ0) is 6.85. The standard InChI is InChI=1S/C6H3F2.Sn.H/c7-5-2-1-3-6(8)4-5;;/h2-4H;;. The second kappa shape index (κ2) is 2.64. The summed E-state index contributed by atoms with van der Waals surface area (Å²) >= 11 is 0.752. The van der Waals surface area contributed by atoms with Gasteiger partial charge < -0.3 is 0 Å². The molecule has 46 valence electrons. The van der Waals surface area contributed by atoms with Crippen molar-refractivity contribution in [2.45, 2.75) is 0 Å². The van der Waals surface area contributed by atoms with E-state index in [2.05, 4.69) is 0 Å². The van der Waals surface area contributed by atoms with Crippen LogP contribution in [0, 0.1) is 11.6 Å². The number of rotatable bonds is 0. The molecule has 0 aliphatic carbocycles. The van der Waals surface area contributed by atoms with Gasteiger partial charge in [-0.05, 0) is 0 Å². The first-order chi connectivity index (χ1) is 4.18. The van der Waals surface area contributed by atoms with E-state index in [-0.39, 0.29) is 0 Å². The molecule has 1 aromatic rings. The number of hydrogen-bond donors (Lipinski definition) is 0. The number of halogens is 2. The van der Waals surface area contributed by atoms with E-state index < -0.39 is 11.6 Å². The van der Waals surface area contributed by atoms with Crippen molar-refractivity contribution in [3.63, 3.8) is 0 Å². The Morgan fingerprint density at radius 2 is 1.44 bits per heavy atom. The molecular formula is C6H4F2Sn. The van der Waals surface area contributed by atoms with Crippen LogP contribution in [-0.4, -0.2) is 22.5 Å². The first-order valence-corrected chi connectivity index (χ1v) is 4.05. The Morgan fingerprint density at radius 3 is 1.78 bits per heavy atom. The average molecular weight is 233 g/mol. The van der Waals surface area contributed by atoms with Crippen molar-refractivity contribution in [3.8, 4) is 0 Å². The molecule has 0 saturated carbocycles. The summed E-state index contributed by atoms with van der Waals surface area (Å²) in [6.07, 6.45) is 0. The van der Waals surface area contributed by atoms with Crippen LogP contribution in [0.1, 0.15) is 0 Å². The van der Waals surface area contributed by atoms with Crippen LogP contribution in [-0.2, 0) is 0 Å². The van der Waals surface area contributed by atoms with Crippen molar-refractivity contribution in [3.05, 3.63) is 29.8 Å². The van der Waals surface area contributed by atoms with Crippen molar-refractivity contribution in [1.29, 1.82) is 0 Å². The van der Waals surface area contributed by atoms with Crippen molar-refractivity contribution >= 4 is 26.1 Å². The predicted octanol–water partition coefficient (Wildman–Crippen LogP) is 0.491. The third-order valence-electron chi connectivity index (χ3n) is 0.885. The first-order valence-electron chi connectivity index (χ1n) is 2.40. The SMILES string of the molecule is Fc1cc(F)c[c]([SnH])c1. The first kappa shape index (κ1) is 6.99. The molecular weight excluding hydrogens is 229 g/mol. The number of benzene rings is 1. The van der Waals surface area contributed by atoms with Crippen LogP contribution in [0.3, 0.4) is 0 Å². The Kier molecular flexibility index (Phi) is 2.05. The third-order valence-corrected chi connectivity index (χ3v) is 1.84. The molecule has 2 radical (unpaired) electrons. The van der Waals surface area contributed by atoms with E-state index in [9.17, 15) is 8.78 Å². The zero-order valence-corrected chi connectivity index (χ0v) is 7.86. The maximum absolute atomic E-state index is 12.2. The molecule has 0 N–H and O–H groups in total. The fourth-order valence-corrected chi connectivity index (χ4v) is 1.48. The Morgan fingerprint density at radius 1 is 1.00 bits per heavy atom. The molecule has 0 unspecified atom stereocenters. The maximum atomic E-state index is 12.2. The molecule has 1 aromatic carbocycles. The van der Waals surface area contributed by atoms with Crippen molar-refractivity contribution in [2.75, 3.05) is 0 Å². The van der Waals surface area contributed by atoms with E-state index in [4.69, 9.17) is 0 Å². The molecule has 0 saturated heterocycles. The Labute approximate surface area is 65.0 Å². The Hall–Kier alpha value is -0.121. The summed E-state index contributed by atoms with van der Waals surface area (Å²) in [5, 5.41) is 0. The molecule has 0 spiro atoms. The minimum atomic E-state index is -0.488. The summed E-state index contributed by atoms with van der Waals surface area (Å²) in [5.41, 5.74) is 0. The van der Waals surface area contributed by atoms with Crippen molar-refractivity contribution in [2.24, 2.45) is 0 Å². The van der Waals surface area contributed by atoms with Crippen LogP contribution in [0.4, 0.5) is 8.78 Å². The average Bonchev–Trinajstić information content (AvgIpc) is 1.59. The minimum absolute atomic E-state index is 0.488. The van der Waals surface area contributed by atoms with Gasteiger partial charge in [-0.1, -0.05) is 0 Å². The summed E-state index contributed by atoms with van der Waals surface area (Å²) in [4.78, 5) is 0. The molecule has 0 aliphatic rings. The van der Waals surface area contributed by atoms with Gasteiger partial charge in [0, 0.05) is 0 Å². The van der Waals surface area contributed by atoms with Crippen molar-refractivity contribution < 1.29 is 8.78 Å². The van der Waals surface area contributed by atoms with Crippen LogP contribution < -0.4 is 3.58 Å². The van der Waals surface area contributed by atoms with Crippen LogP contribution in [0.5, 0.6) is 0 Å². The summed E-state index contributed by atoms with van der Waals surface area (Å²) in [6, 6.07) is 3.55. The van der Waals surface area contributed by atoms with Gasteiger partial charge in [-0.15, -0.1) is 0 Å². The van der Waals surface area contributed by atoms with Gasteiger partial charge in [0.2, 0.25) is 0 Å². The molecule has 0 heterocycles. The molecule has 0 aromatic heterocycles. The second-order valence-electron chi connectivity index (χ2n) is 1.70. The fraction of sp³-hybridized carbons (Fsp3) is 0. The molecule has 9 heavy (non-hydrogen) atoms. The van der Waals surface area contributed by atoms with Gasteiger partial charge >= 0.3 is 64.7 Å². The summed E-state index contributed by atoms with van der Waals surface area (Å²) in [7, 11) is 0. The van der Waals surface area contributed by atoms with Crippen LogP contribution in [0.25, 0.3) is 0 Å². The van der Waals surface area contributed by atoms with Gasteiger partial charge in [0.1, 0.15) is 0 Å². The fourth-order valence-electron chi connectivity index (χ4n) is 0.575. The zero-order valence-electron chi connectivity index (χ0n) is 4.57. The molecule has 0 nitrogen and oxygen atoms in total. The summed E-state index contributed by atoms with van der Waals surface area (Å²) < 4.78 is 25.2. The Bertz CT molecular complexity index is 172. The van der Waals surface area contributed by atoms with Crippen LogP contribution in [0.15, 0.2) is 18.2 Å². The van der Waals surface area contributed by atoms with Crippen LogP contribution >= 0.6 is 0 Å².